The minimum atomic E-state index is 0.00119. The zero-order valence-electron chi connectivity index (χ0n) is 14.9. The molecule has 0 unspecified atom stereocenters. The zero-order chi connectivity index (χ0) is 17.4. The van der Waals surface area contributed by atoms with Gasteiger partial charge in [0.25, 0.3) is 0 Å². The Hall–Kier alpha value is -2.14. The van der Waals surface area contributed by atoms with Crippen molar-refractivity contribution in [2.24, 2.45) is 5.92 Å². The maximum Gasteiger partial charge on any atom is 0.134 e. The van der Waals surface area contributed by atoms with Gasteiger partial charge in [0, 0.05) is 18.5 Å². The molecule has 2 N–H and O–H groups in total. The lowest BCUT2D eigenvalue weighted by Gasteiger charge is -2.47. The molecule has 0 amide bonds. The molecule has 132 valence electrons. The van der Waals surface area contributed by atoms with Gasteiger partial charge in [-0.15, -0.1) is 0 Å². The van der Waals surface area contributed by atoms with Gasteiger partial charge < -0.3 is 15.3 Å². The van der Waals surface area contributed by atoms with E-state index in [2.05, 4.69) is 58.3 Å². The molecule has 1 aromatic carbocycles. The lowest BCUT2D eigenvalue weighted by Crippen LogP contribution is -2.43. The van der Waals surface area contributed by atoms with Gasteiger partial charge in [0.2, 0.25) is 0 Å². The number of rotatable bonds is 5. The van der Waals surface area contributed by atoms with Crippen LogP contribution < -0.4 is 10.2 Å². The molecule has 3 atom stereocenters. The Balaban J connectivity index is 1.60. The van der Waals surface area contributed by atoms with Crippen LogP contribution in [0.4, 0.5) is 11.6 Å². The lowest BCUT2D eigenvalue weighted by molar-refractivity contribution is 0.249. The summed E-state index contributed by atoms with van der Waals surface area (Å²) in [5.74, 6) is 2.68. The van der Waals surface area contributed by atoms with E-state index in [1.54, 1.807) is 6.33 Å². The SMILES string of the molecule is CC(C)[C@@H](CO)Nc1cc(N2C[C@H]3CC[C@H]2c2ccccc23)ncn1. The predicted octanol–water partition coefficient (Wildman–Crippen LogP) is 3.34. The molecule has 2 aliphatic heterocycles. The Morgan fingerprint density at radius 1 is 1.20 bits per heavy atom. The highest BCUT2D eigenvalue weighted by Gasteiger charge is 2.38. The van der Waals surface area contributed by atoms with Gasteiger partial charge in [-0.05, 0) is 29.9 Å². The largest absolute Gasteiger partial charge is 0.394 e. The van der Waals surface area contributed by atoms with E-state index in [0.717, 1.165) is 18.2 Å². The monoisotopic (exact) mass is 338 g/mol. The van der Waals surface area contributed by atoms with Crippen LogP contribution in [0.1, 0.15) is 49.8 Å². The van der Waals surface area contributed by atoms with Crippen molar-refractivity contribution in [2.75, 3.05) is 23.4 Å². The summed E-state index contributed by atoms with van der Waals surface area (Å²) in [5, 5.41) is 12.9. The molecular weight excluding hydrogens is 312 g/mol. The second-order valence-electron chi connectivity index (χ2n) is 7.51. The van der Waals surface area contributed by atoms with Crippen LogP contribution in [-0.4, -0.2) is 34.3 Å². The van der Waals surface area contributed by atoms with E-state index < -0.39 is 0 Å². The molecule has 5 heteroatoms. The first-order chi connectivity index (χ1) is 12.2. The highest BCUT2D eigenvalue weighted by Crippen LogP contribution is 2.47. The molecule has 5 rings (SSSR count). The molecule has 2 aromatic rings. The van der Waals surface area contributed by atoms with Crippen LogP contribution in [0.15, 0.2) is 36.7 Å². The molecule has 0 spiro atoms. The van der Waals surface area contributed by atoms with Crippen LogP contribution in [0.2, 0.25) is 0 Å². The summed E-state index contributed by atoms with van der Waals surface area (Å²) in [5.41, 5.74) is 2.97. The second-order valence-corrected chi connectivity index (χ2v) is 7.51. The number of benzene rings is 1. The summed E-state index contributed by atoms with van der Waals surface area (Å²) in [6.45, 7) is 5.30. The number of aliphatic hydroxyl groups excluding tert-OH is 1. The van der Waals surface area contributed by atoms with Gasteiger partial charge in [0.1, 0.15) is 18.0 Å². The second kappa shape index (κ2) is 6.64. The van der Waals surface area contributed by atoms with Crippen molar-refractivity contribution in [1.82, 2.24) is 9.97 Å². The fourth-order valence-corrected chi connectivity index (χ4v) is 4.18. The molecule has 2 bridgehead atoms. The van der Waals surface area contributed by atoms with Crippen LogP contribution >= 0.6 is 0 Å². The first kappa shape index (κ1) is 16.3. The van der Waals surface area contributed by atoms with Crippen molar-refractivity contribution in [3.8, 4) is 0 Å². The van der Waals surface area contributed by atoms with Gasteiger partial charge in [-0.1, -0.05) is 38.1 Å². The summed E-state index contributed by atoms with van der Waals surface area (Å²) >= 11 is 0. The molecule has 25 heavy (non-hydrogen) atoms. The molecule has 1 aliphatic carbocycles. The predicted molar refractivity (Wildman–Crippen MR) is 99.9 cm³/mol. The minimum absolute atomic E-state index is 0.00119. The van der Waals surface area contributed by atoms with Crippen molar-refractivity contribution in [3.63, 3.8) is 0 Å². The number of anilines is 2. The molecule has 1 fully saturated rings. The van der Waals surface area contributed by atoms with Crippen LogP contribution in [0.5, 0.6) is 0 Å². The van der Waals surface area contributed by atoms with Gasteiger partial charge in [-0.2, -0.15) is 0 Å². The highest BCUT2D eigenvalue weighted by molar-refractivity contribution is 5.55. The van der Waals surface area contributed by atoms with E-state index in [0.29, 0.717) is 17.9 Å². The fourth-order valence-electron chi connectivity index (χ4n) is 4.18. The molecule has 1 saturated heterocycles. The molecule has 1 aromatic heterocycles. The normalized spacial score (nSPS) is 22.8. The van der Waals surface area contributed by atoms with Crippen molar-refractivity contribution >= 4 is 11.6 Å². The number of hydrogen-bond donors (Lipinski definition) is 2. The highest BCUT2D eigenvalue weighted by atomic mass is 16.3. The molecule has 0 radical (unpaired) electrons. The number of nitrogens with zero attached hydrogens (tertiary/aromatic N) is 3. The van der Waals surface area contributed by atoms with Crippen LogP contribution in [0, 0.1) is 5.92 Å². The number of piperidine rings is 1. The third-order valence-corrected chi connectivity index (χ3v) is 5.66. The molecule has 3 aliphatic rings. The number of aromatic nitrogens is 2. The van der Waals surface area contributed by atoms with E-state index in [1.807, 2.05) is 6.07 Å². The van der Waals surface area contributed by atoms with E-state index in [4.69, 9.17) is 0 Å². The van der Waals surface area contributed by atoms with Crippen molar-refractivity contribution in [1.29, 1.82) is 0 Å². The fraction of sp³-hybridized carbons (Fsp3) is 0.500. The average molecular weight is 338 g/mol. The Morgan fingerprint density at radius 2 is 2.00 bits per heavy atom. The third-order valence-electron chi connectivity index (χ3n) is 5.66. The maximum absolute atomic E-state index is 9.55. The smallest absolute Gasteiger partial charge is 0.134 e. The number of nitrogens with one attached hydrogen (secondary N) is 1. The summed E-state index contributed by atoms with van der Waals surface area (Å²) in [6.07, 6.45) is 4.06. The van der Waals surface area contributed by atoms with Gasteiger partial charge in [0.15, 0.2) is 0 Å². The zero-order valence-corrected chi connectivity index (χ0v) is 14.9. The van der Waals surface area contributed by atoms with Gasteiger partial charge in [-0.25, -0.2) is 9.97 Å². The molecule has 5 nitrogen and oxygen atoms in total. The Morgan fingerprint density at radius 3 is 2.76 bits per heavy atom. The average Bonchev–Trinajstić information content (AvgIpc) is 2.66. The maximum atomic E-state index is 9.55. The van der Waals surface area contributed by atoms with Gasteiger partial charge in [-0.3, -0.25) is 0 Å². The first-order valence-electron chi connectivity index (χ1n) is 9.22. The molecular formula is C20H26N4O. The van der Waals surface area contributed by atoms with Crippen LogP contribution in [0.3, 0.4) is 0 Å². The quantitative estimate of drug-likeness (QED) is 0.875. The summed E-state index contributed by atoms with van der Waals surface area (Å²) < 4.78 is 0. The standard InChI is InChI=1S/C20H26N4O/c1-13(2)17(11-25)23-19-9-20(22-12-21-19)24-10-14-7-8-18(24)16-6-4-3-5-15(14)16/h3-6,9,12-14,17-18,25H,7-8,10-11H2,1-2H3,(H,21,22,23)/t14-,17-,18+/m1/s1. The third kappa shape index (κ3) is 2.97. The van der Waals surface area contributed by atoms with E-state index in [1.165, 1.54) is 24.0 Å². The summed E-state index contributed by atoms with van der Waals surface area (Å²) in [4.78, 5) is 11.3. The minimum Gasteiger partial charge on any atom is -0.394 e. The Labute approximate surface area is 149 Å². The molecule has 0 saturated carbocycles. The number of aliphatic hydroxyl groups is 1. The first-order valence-corrected chi connectivity index (χ1v) is 9.22. The number of fused-ring (bicyclic) bond motifs is 2. The summed E-state index contributed by atoms with van der Waals surface area (Å²) in [6, 6.07) is 11.3. The van der Waals surface area contributed by atoms with Crippen molar-refractivity contribution in [2.45, 2.75) is 44.7 Å². The Bertz CT molecular complexity index is 748. The van der Waals surface area contributed by atoms with Crippen molar-refractivity contribution < 1.29 is 5.11 Å². The van der Waals surface area contributed by atoms with E-state index in [-0.39, 0.29) is 12.6 Å². The van der Waals surface area contributed by atoms with Gasteiger partial charge >= 0.3 is 0 Å². The Kier molecular flexibility index (Phi) is 4.34. The van der Waals surface area contributed by atoms with E-state index in [9.17, 15) is 5.11 Å². The summed E-state index contributed by atoms with van der Waals surface area (Å²) in [7, 11) is 0. The van der Waals surface area contributed by atoms with Crippen LogP contribution in [-0.2, 0) is 0 Å². The number of hydrogen-bond acceptors (Lipinski definition) is 5. The van der Waals surface area contributed by atoms with Gasteiger partial charge in [0.05, 0.1) is 18.7 Å². The topological polar surface area (TPSA) is 61.3 Å². The van der Waals surface area contributed by atoms with E-state index >= 15 is 0 Å². The molecule has 3 heterocycles. The lowest BCUT2D eigenvalue weighted by atomic mass is 9.75. The van der Waals surface area contributed by atoms with Crippen molar-refractivity contribution in [3.05, 3.63) is 47.8 Å². The van der Waals surface area contributed by atoms with Crippen LogP contribution in [0.25, 0.3) is 0 Å².